The Morgan fingerprint density at radius 2 is 0.930 bits per heavy atom. The molecule has 0 radical (unpaired) electrons. The van der Waals surface area contributed by atoms with Gasteiger partial charge in [0.1, 0.15) is 0 Å². The Hall–Kier alpha value is -5.59. The predicted molar refractivity (Wildman–Crippen MR) is 207 cm³/mol. The number of methoxy groups -OCH3 is 4. The van der Waals surface area contributed by atoms with Crippen molar-refractivity contribution in [1.82, 2.24) is 39.9 Å². The Morgan fingerprint density at radius 3 is 1.30 bits per heavy atom. The number of carbonyl (C=O) groups excluding carboxylic acids is 2. The molecule has 6 rings (SSSR count). The summed E-state index contributed by atoms with van der Waals surface area (Å²) in [6.07, 6.45) is 19.9. The number of carbonyl (C=O) groups is 3. The van der Waals surface area contributed by atoms with Crippen LogP contribution in [0.2, 0.25) is 0 Å². The molecule has 1 N–H and O–H groups in total. The van der Waals surface area contributed by atoms with Gasteiger partial charge in [0.05, 0.1) is 63.4 Å². The van der Waals surface area contributed by atoms with Crippen LogP contribution in [-0.4, -0.2) is 105 Å². The van der Waals surface area contributed by atoms with E-state index in [1.54, 1.807) is 56.5 Å². The third kappa shape index (κ3) is 13.3. The van der Waals surface area contributed by atoms with Gasteiger partial charge in [-0.15, -0.1) is 0 Å². The highest BCUT2D eigenvalue weighted by Crippen LogP contribution is 2.42. The molecule has 57 heavy (non-hydrogen) atoms. The van der Waals surface area contributed by atoms with Crippen molar-refractivity contribution < 1.29 is 47.9 Å². The average molecular weight is 858 g/mol. The molecule has 0 spiro atoms. The van der Waals surface area contributed by atoms with Crippen LogP contribution in [0.25, 0.3) is 0 Å². The number of hydrogen-bond donors (Lipinski definition) is 1. The maximum absolute atomic E-state index is 12.2. The van der Waals surface area contributed by atoms with E-state index in [9.17, 15) is 19.5 Å². The Kier molecular flexibility index (Phi) is 18.9. The minimum Gasteiger partial charge on any atom is -0.481 e. The molecule has 2 aliphatic rings. The van der Waals surface area contributed by atoms with Crippen molar-refractivity contribution in [2.75, 3.05) is 41.7 Å². The Labute approximate surface area is 339 Å². The number of aliphatic carboxylic acids is 1. The molecule has 0 atom stereocenters. The number of rotatable bonds is 12. The molecule has 308 valence electrons. The van der Waals surface area contributed by atoms with Crippen LogP contribution in [0.15, 0.2) is 54.0 Å². The molecule has 4 aromatic heterocycles. The lowest BCUT2D eigenvalue weighted by Crippen LogP contribution is -2.35. The monoisotopic (exact) mass is 856 g/mol. The number of carboxylic acid groups (broad SMARTS) is 1. The van der Waals surface area contributed by atoms with Crippen molar-refractivity contribution >= 4 is 33.8 Å². The minimum absolute atomic E-state index is 0.156. The molecular weight excluding hydrogens is 808 g/mol. The lowest BCUT2D eigenvalue weighted by Gasteiger charge is -2.26. The Balaban J connectivity index is 0.000000209. The maximum atomic E-state index is 12.2. The van der Waals surface area contributed by atoms with E-state index in [0.717, 1.165) is 48.6 Å². The zero-order chi connectivity index (χ0) is 41.7. The van der Waals surface area contributed by atoms with E-state index in [4.69, 9.17) is 28.4 Å². The topological polar surface area (TPSA) is 230 Å². The van der Waals surface area contributed by atoms with Crippen LogP contribution in [0, 0.1) is 0 Å². The summed E-state index contributed by atoms with van der Waals surface area (Å²) in [7, 11) is 6.02. The van der Waals surface area contributed by atoms with E-state index in [0.29, 0.717) is 49.2 Å². The van der Waals surface area contributed by atoms with Crippen molar-refractivity contribution in [3.05, 3.63) is 70.7 Å². The molecule has 0 aromatic carbocycles. The SMILES string of the molecule is CCOC(=O)C1(c2cnc(OC)nc2)CCCC1.CCOC(=O)Cc1cnc(OC)nc1.COc1ncc(Br)cn1.COc1ncc(C2(C(=O)O)CCCC2)cn1. The number of esters is 2. The lowest BCUT2D eigenvalue weighted by molar-refractivity contribution is -0.150. The summed E-state index contributed by atoms with van der Waals surface area (Å²) in [5.41, 5.74) is 0.885. The average Bonchev–Trinajstić information content (AvgIpc) is 3.96. The third-order valence-electron chi connectivity index (χ3n) is 9.01. The van der Waals surface area contributed by atoms with E-state index in [1.807, 2.05) is 6.92 Å². The number of halogens is 1. The van der Waals surface area contributed by atoms with Crippen LogP contribution in [0.1, 0.15) is 81.9 Å². The highest BCUT2D eigenvalue weighted by atomic mass is 79.9. The quantitative estimate of drug-likeness (QED) is 0.183. The van der Waals surface area contributed by atoms with Gasteiger partial charge in [-0.25, -0.2) is 39.9 Å². The Morgan fingerprint density at radius 1 is 0.579 bits per heavy atom. The summed E-state index contributed by atoms with van der Waals surface area (Å²) >= 11 is 3.19. The number of hydrogen-bond acceptors (Lipinski definition) is 17. The van der Waals surface area contributed by atoms with Crippen molar-refractivity contribution in [2.24, 2.45) is 0 Å². The molecule has 0 bridgehead atoms. The molecule has 0 saturated heterocycles. The van der Waals surface area contributed by atoms with Crippen molar-refractivity contribution in [3.63, 3.8) is 0 Å². The normalized spacial score (nSPS) is 14.4. The van der Waals surface area contributed by atoms with E-state index in [-0.39, 0.29) is 30.4 Å². The fourth-order valence-electron chi connectivity index (χ4n) is 6.12. The zero-order valence-corrected chi connectivity index (χ0v) is 34.6. The van der Waals surface area contributed by atoms with Crippen molar-refractivity contribution in [1.29, 1.82) is 0 Å². The van der Waals surface area contributed by atoms with Crippen LogP contribution in [0.4, 0.5) is 0 Å². The molecule has 19 heteroatoms. The van der Waals surface area contributed by atoms with Gasteiger partial charge in [0.2, 0.25) is 0 Å². The van der Waals surface area contributed by atoms with Crippen molar-refractivity contribution in [2.45, 2.75) is 82.5 Å². The van der Waals surface area contributed by atoms with Crippen LogP contribution >= 0.6 is 15.9 Å². The summed E-state index contributed by atoms with van der Waals surface area (Å²) < 4.78 is 30.1. The summed E-state index contributed by atoms with van der Waals surface area (Å²) in [6.45, 7) is 4.38. The molecule has 0 unspecified atom stereocenters. The first-order valence-corrected chi connectivity index (χ1v) is 19.0. The second kappa shape index (κ2) is 23.5. The fraction of sp³-hybridized carbons (Fsp3) is 0.500. The molecule has 4 heterocycles. The van der Waals surface area contributed by atoms with Crippen LogP contribution < -0.4 is 18.9 Å². The summed E-state index contributed by atoms with van der Waals surface area (Å²) in [5.74, 6) is -1.21. The molecule has 0 amide bonds. The molecule has 0 aliphatic heterocycles. The van der Waals surface area contributed by atoms with Crippen molar-refractivity contribution in [3.8, 4) is 24.0 Å². The largest absolute Gasteiger partial charge is 0.481 e. The summed E-state index contributed by atoms with van der Waals surface area (Å²) in [4.78, 5) is 66.2. The molecule has 4 aromatic rings. The van der Waals surface area contributed by atoms with Crippen LogP contribution in [0.3, 0.4) is 0 Å². The number of nitrogens with zero attached hydrogens (tertiary/aromatic N) is 8. The summed E-state index contributed by atoms with van der Waals surface area (Å²) in [5, 5.41) is 9.36. The highest BCUT2D eigenvalue weighted by Gasteiger charge is 2.45. The minimum atomic E-state index is -0.785. The zero-order valence-electron chi connectivity index (χ0n) is 33.0. The van der Waals surface area contributed by atoms with Crippen LogP contribution in [-0.2, 0) is 41.1 Å². The van der Waals surface area contributed by atoms with Gasteiger partial charge in [-0.2, -0.15) is 0 Å². The summed E-state index contributed by atoms with van der Waals surface area (Å²) in [6, 6.07) is 1.26. The van der Waals surface area contributed by atoms with Gasteiger partial charge >= 0.3 is 41.9 Å². The van der Waals surface area contributed by atoms with Gasteiger partial charge < -0.3 is 33.5 Å². The first-order valence-electron chi connectivity index (χ1n) is 18.2. The van der Waals surface area contributed by atoms with E-state index >= 15 is 0 Å². The fourth-order valence-corrected chi connectivity index (χ4v) is 6.33. The van der Waals surface area contributed by atoms with Gasteiger partial charge in [0.15, 0.2) is 0 Å². The number of carboxylic acids is 1. The van der Waals surface area contributed by atoms with Gasteiger partial charge in [0, 0.05) is 66.3 Å². The highest BCUT2D eigenvalue weighted by molar-refractivity contribution is 9.10. The third-order valence-corrected chi connectivity index (χ3v) is 9.42. The predicted octanol–water partition coefficient (Wildman–Crippen LogP) is 5.08. The van der Waals surface area contributed by atoms with E-state index < -0.39 is 16.8 Å². The smallest absolute Gasteiger partial charge is 0.316 e. The van der Waals surface area contributed by atoms with Gasteiger partial charge in [-0.3, -0.25) is 14.4 Å². The van der Waals surface area contributed by atoms with E-state index in [1.165, 1.54) is 28.4 Å². The second-order valence-corrected chi connectivity index (χ2v) is 13.4. The molecular formula is C38H49BrN8O10. The number of ether oxygens (including phenoxy) is 6. The second-order valence-electron chi connectivity index (χ2n) is 12.5. The van der Waals surface area contributed by atoms with Gasteiger partial charge in [-0.05, 0) is 55.5 Å². The standard InChI is InChI=1S/C13H18N2O3.C11H14N2O3.C9H12N2O3.C5H5BrN2O/c1-3-18-11(16)13(6-4-5-7-13)10-8-14-12(17-2)15-9-10;1-16-10-12-6-8(7-13-10)11(9(14)15)4-2-3-5-11;1-3-14-8(12)4-7-5-10-9(13-2)11-6-7;1-9-5-7-2-4(6)3-8-5/h8-9H,3-7H2,1-2H3;6-7H,2-5H2,1H3,(H,14,15);5-6H,3-4H2,1-2H3;2-3H,1H3. The van der Waals surface area contributed by atoms with Gasteiger partial charge in [-0.1, -0.05) is 25.7 Å². The first kappa shape index (κ1) is 45.8. The van der Waals surface area contributed by atoms with Gasteiger partial charge in [0.25, 0.3) is 0 Å². The number of aromatic nitrogens is 8. The Bertz CT molecular complexity index is 1810. The lowest BCUT2D eigenvalue weighted by atomic mass is 9.80. The molecule has 2 saturated carbocycles. The van der Waals surface area contributed by atoms with Crippen LogP contribution in [0.5, 0.6) is 24.0 Å². The van der Waals surface area contributed by atoms with E-state index in [2.05, 4.69) is 55.8 Å². The molecule has 18 nitrogen and oxygen atoms in total. The first-order chi connectivity index (χ1) is 27.5. The molecule has 2 fully saturated rings. The maximum Gasteiger partial charge on any atom is 0.316 e. The molecule has 2 aliphatic carbocycles.